The van der Waals surface area contributed by atoms with Crippen LogP contribution in [0.15, 0.2) is 58.4 Å². The summed E-state index contributed by atoms with van der Waals surface area (Å²) < 4.78 is 26.5. The van der Waals surface area contributed by atoms with Crippen LogP contribution < -0.4 is 4.80 Å². The third-order valence-electron chi connectivity index (χ3n) is 3.88. The Morgan fingerprint density at radius 1 is 1.19 bits per heavy atom. The monoisotopic (exact) mass is 384 g/mol. The van der Waals surface area contributed by atoms with Gasteiger partial charge in [-0.2, -0.15) is 4.99 Å². The molecule has 1 heterocycles. The zero-order valence-corrected chi connectivity index (χ0v) is 15.7. The van der Waals surface area contributed by atoms with Crippen LogP contribution in [0, 0.1) is 12.3 Å². The minimum atomic E-state index is -3.30. The van der Waals surface area contributed by atoms with Crippen molar-refractivity contribution >= 4 is 37.3 Å². The van der Waals surface area contributed by atoms with Crippen molar-refractivity contribution in [2.24, 2.45) is 4.99 Å². The normalized spacial score (nSPS) is 12.2. The molecule has 0 aliphatic rings. The summed E-state index contributed by atoms with van der Waals surface area (Å²) in [5, 5.41) is 0. The van der Waals surface area contributed by atoms with Gasteiger partial charge >= 0.3 is 0 Å². The van der Waals surface area contributed by atoms with Crippen LogP contribution in [0.2, 0.25) is 0 Å². The fourth-order valence-corrected chi connectivity index (χ4v) is 4.38. The molecule has 0 spiro atoms. The highest BCUT2D eigenvalue weighted by Crippen LogP contribution is 2.17. The Balaban J connectivity index is 2.03. The minimum Gasteiger partial charge on any atom is -0.305 e. The molecule has 5 nitrogen and oxygen atoms in total. The van der Waals surface area contributed by atoms with Crippen molar-refractivity contribution in [1.29, 1.82) is 0 Å². The zero-order chi connectivity index (χ0) is 18.7. The van der Waals surface area contributed by atoms with E-state index in [9.17, 15) is 13.2 Å². The second-order valence-corrected chi connectivity index (χ2v) is 8.77. The van der Waals surface area contributed by atoms with Crippen molar-refractivity contribution in [2.45, 2.75) is 18.4 Å². The summed E-state index contributed by atoms with van der Waals surface area (Å²) in [7, 11) is -3.30. The maximum atomic E-state index is 12.5. The highest BCUT2D eigenvalue weighted by molar-refractivity contribution is 7.91. The number of rotatable bonds is 4. The van der Waals surface area contributed by atoms with Crippen LogP contribution in [-0.2, 0) is 16.4 Å². The predicted molar refractivity (Wildman–Crippen MR) is 103 cm³/mol. The van der Waals surface area contributed by atoms with E-state index in [1.54, 1.807) is 6.92 Å². The van der Waals surface area contributed by atoms with Crippen molar-refractivity contribution in [2.75, 3.05) is 5.75 Å². The number of hydrogen-bond acceptors (Lipinski definition) is 4. The van der Waals surface area contributed by atoms with Gasteiger partial charge in [0.15, 0.2) is 14.6 Å². The molecule has 0 saturated heterocycles. The summed E-state index contributed by atoms with van der Waals surface area (Å²) in [6.07, 6.45) is 5.44. The number of hydrogen-bond donors (Lipinski definition) is 0. The van der Waals surface area contributed by atoms with Gasteiger partial charge in [-0.3, -0.25) is 4.79 Å². The fourth-order valence-electron chi connectivity index (χ4n) is 2.47. The number of thiazole rings is 1. The van der Waals surface area contributed by atoms with Gasteiger partial charge in [-0.15, -0.1) is 6.42 Å². The lowest BCUT2D eigenvalue weighted by Crippen LogP contribution is -2.16. The molecular formula is C19H16N2O3S2. The minimum absolute atomic E-state index is 0.0124. The standard InChI is InChI=1S/C19H16N2O3S2/c1-3-13-21-16-7-5-6-8-17(16)25-19(21)20-18(22)14-9-11-15(12-10-14)26(23,24)4-2/h1,5-12H,4,13H2,2H3. The van der Waals surface area contributed by atoms with E-state index in [1.807, 2.05) is 28.8 Å². The molecule has 3 rings (SSSR count). The lowest BCUT2D eigenvalue weighted by molar-refractivity contribution is 0.0998. The van der Waals surface area contributed by atoms with Crippen molar-refractivity contribution in [3.63, 3.8) is 0 Å². The molecule has 0 bridgehead atoms. The average molecular weight is 384 g/mol. The number of benzene rings is 2. The Bertz CT molecular complexity index is 1180. The highest BCUT2D eigenvalue weighted by atomic mass is 32.2. The van der Waals surface area contributed by atoms with E-state index in [2.05, 4.69) is 10.9 Å². The van der Waals surface area contributed by atoms with Crippen LogP contribution in [0.4, 0.5) is 0 Å². The summed E-state index contributed by atoms with van der Waals surface area (Å²) >= 11 is 1.38. The first-order valence-electron chi connectivity index (χ1n) is 7.90. The van der Waals surface area contributed by atoms with E-state index in [0.29, 0.717) is 16.9 Å². The maximum absolute atomic E-state index is 12.5. The molecule has 0 radical (unpaired) electrons. The SMILES string of the molecule is C#CCn1c(=NC(=O)c2ccc(S(=O)(=O)CC)cc2)sc2ccccc21. The molecule has 0 saturated carbocycles. The van der Waals surface area contributed by atoms with E-state index >= 15 is 0 Å². The number of carbonyl (C=O) groups excluding carboxylic acids is 1. The topological polar surface area (TPSA) is 68.5 Å². The number of carbonyl (C=O) groups is 1. The van der Waals surface area contributed by atoms with E-state index in [0.717, 1.165) is 10.2 Å². The number of sulfone groups is 1. The van der Waals surface area contributed by atoms with Gasteiger partial charge in [-0.1, -0.05) is 36.3 Å². The first kappa shape index (κ1) is 18.1. The van der Waals surface area contributed by atoms with Gasteiger partial charge in [-0.05, 0) is 36.4 Å². The summed E-state index contributed by atoms with van der Waals surface area (Å²) in [6, 6.07) is 13.5. The molecule has 0 aliphatic carbocycles. The third-order valence-corrected chi connectivity index (χ3v) is 6.69. The molecule has 2 aromatic carbocycles. The lowest BCUT2D eigenvalue weighted by atomic mass is 10.2. The van der Waals surface area contributed by atoms with Crippen LogP contribution in [0.5, 0.6) is 0 Å². The molecule has 0 atom stereocenters. The second kappa shape index (κ2) is 7.28. The number of para-hydroxylation sites is 1. The van der Waals surface area contributed by atoms with Crippen LogP contribution >= 0.6 is 11.3 Å². The fraction of sp³-hybridized carbons (Fsp3) is 0.158. The molecule has 7 heteroatoms. The first-order chi connectivity index (χ1) is 12.5. The number of amides is 1. The second-order valence-electron chi connectivity index (χ2n) is 5.49. The number of fused-ring (bicyclic) bond motifs is 1. The van der Waals surface area contributed by atoms with Gasteiger partial charge in [0.2, 0.25) is 0 Å². The molecular weight excluding hydrogens is 368 g/mol. The summed E-state index contributed by atoms with van der Waals surface area (Å²) in [5.74, 6) is 2.15. The Kier molecular flexibility index (Phi) is 5.07. The molecule has 26 heavy (non-hydrogen) atoms. The van der Waals surface area contributed by atoms with Crippen molar-refractivity contribution in [3.8, 4) is 12.3 Å². The molecule has 0 unspecified atom stereocenters. The van der Waals surface area contributed by atoms with E-state index < -0.39 is 15.7 Å². The van der Waals surface area contributed by atoms with Crippen LogP contribution in [0.3, 0.4) is 0 Å². The lowest BCUT2D eigenvalue weighted by Gasteiger charge is -2.02. The largest absolute Gasteiger partial charge is 0.305 e. The van der Waals surface area contributed by atoms with E-state index in [1.165, 1.54) is 35.6 Å². The average Bonchev–Trinajstić information content (AvgIpc) is 2.99. The number of aromatic nitrogens is 1. The number of terminal acetylenes is 1. The molecule has 1 aromatic heterocycles. The third kappa shape index (κ3) is 3.47. The zero-order valence-electron chi connectivity index (χ0n) is 14.0. The van der Waals surface area contributed by atoms with Crippen molar-refractivity contribution < 1.29 is 13.2 Å². The number of nitrogens with zero attached hydrogens (tertiary/aromatic N) is 2. The molecule has 0 N–H and O–H groups in total. The molecule has 3 aromatic rings. The molecule has 0 fully saturated rings. The first-order valence-corrected chi connectivity index (χ1v) is 10.4. The molecule has 1 amide bonds. The van der Waals surface area contributed by atoms with E-state index in [-0.39, 0.29) is 10.6 Å². The van der Waals surface area contributed by atoms with Gasteiger partial charge in [0.1, 0.15) is 0 Å². The van der Waals surface area contributed by atoms with Crippen molar-refractivity contribution in [3.05, 3.63) is 58.9 Å². The predicted octanol–water partition coefficient (Wildman–Crippen LogP) is 2.87. The summed E-state index contributed by atoms with van der Waals surface area (Å²) in [6.45, 7) is 1.89. The van der Waals surface area contributed by atoms with E-state index in [4.69, 9.17) is 6.42 Å². The van der Waals surface area contributed by atoms with Gasteiger partial charge in [0.05, 0.1) is 27.4 Å². The molecule has 132 valence electrons. The van der Waals surface area contributed by atoms with Crippen LogP contribution in [0.1, 0.15) is 17.3 Å². The van der Waals surface area contributed by atoms with Crippen molar-refractivity contribution in [1.82, 2.24) is 4.57 Å². The van der Waals surface area contributed by atoms with Crippen LogP contribution in [-0.4, -0.2) is 24.6 Å². The van der Waals surface area contributed by atoms with Gasteiger partial charge in [0, 0.05) is 5.56 Å². The highest BCUT2D eigenvalue weighted by Gasteiger charge is 2.13. The van der Waals surface area contributed by atoms with Crippen LogP contribution in [0.25, 0.3) is 10.2 Å². The Labute approximate surface area is 155 Å². The molecule has 0 aliphatic heterocycles. The summed E-state index contributed by atoms with van der Waals surface area (Å²) in [5.41, 5.74) is 1.25. The van der Waals surface area contributed by atoms with Gasteiger partial charge < -0.3 is 4.57 Å². The summed E-state index contributed by atoms with van der Waals surface area (Å²) in [4.78, 5) is 17.4. The van der Waals surface area contributed by atoms with Gasteiger partial charge in [0.25, 0.3) is 5.91 Å². The smallest absolute Gasteiger partial charge is 0.279 e. The Morgan fingerprint density at radius 3 is 2.54 bits per heavy atom. The van der Waals surface area contributed by atoms with Gasteiger partial charge in [-0.25, -0.2) is 8.42 Å². The Morgan fingerprint density at radius 2 is 1.88 bits per heavy atom. The quantitative estimate of drug-likeness (QED) is 0.650. The maximum Gasteiger partial charge on any atom is 0.279 e. The Hall–Kier alpha value is -2.69.